The van der Waals surface area contributed by atoms with Gasteiger partial charge in [-0.3, -0.25) is 9.89 Å². The second kappa shape index (κ2) is 12.3. The Morgan fingerprint density at radius 1 is 1.23 bits per heavy atom. The lowest BCUT2D eigenvalue weighted by molar-refractivity contribution is 0.0420. The van der Waals surface area contributed by atoms with Gasteiger partial charge in [-0.25, -0.2) is 4.98 Å². The van der Waals surface area contributed by atoms with Gasteiger partial charge in [-0.2, -0.15) is 0 Å². The zero-order valence-corrected chi connectivity index (χ0v) is 18.9. The molecule has 2 N–H and O–H groups in total. The summed E-state index contributed by atoms with van der Waals surface area (Å²) in [7, 11) is 0. The standard InChI is InChI=1S/C22H39N5O3/c1-4-23-22(24-9-5-12-29-20-8-13-28-16-20)25-14-19-6-10-27(11-7-19)15-21-26-17(2)18(3)30-21/h19-20H,4-16H2,1-3H3,(H2,23,24,25). The van der Waals surface area contributed by atoms with Crippen LogP contribution in [0.2, 0.25) is 0 Å². The first-order valence-corrected chi connectivity index (χ1v) is 11.5. The van der Waals surface area contributed by atoms with E-state index in [9.17, 15) is 0 Å². The Morgan fingerprint density at radius 3 is 2.73 bits per heavy atom. The van der Waals surface area contributed by atoms with Crippen LogP contribution < -0.4 is 10.6 Å². The molecule has 8 nitrogen and oxygen atoms in total. The lowest BCUT2D eigenvalue weighted by atomic mass is 9.97. The number of aliphatic imine (C=N–C) groups is 1. The van der Waals surface area contributed by atoms with E-state index >= 15 is 0 Å². The molecule has 2 aliphatic heterocycles. The van der Waals surface area contributed by atoms with Crippen LogP contribution in [0.5, 0.6) is 0 Å². The van der Waals surface area contributed by atoms with E-state index in [2.05, 4.69) is 27.4 Å². The number of rotatable bonds is 10. The molecule has 1 atom stereocenters. The summed E-state index contributed by atoms with van der Waals surface area (Å²) in [6.07, 6.45) is 4.61. The minimum absolute atomic E-state index is 0.286. The van der Waals surface area contributed by atoms with Crippen molar-refractivity contribution in [3.63, 3.8) is 0 Å². The fourth-order valence-corrected chi connectivity index (χ4v) is 3.86. The molecule has 170 valence electrons. The molecule has 0 amide bonds. The molecular weight excluding hydrogens is 382 g/mol. The van der Waals surface area contributed by atoms with Gasteiger partial charge in [0.2, 0.25) is 5.89 Å². The van der Waals surface area contributed by atoms with E-state index in [4.69, 9.17) is 18.9 Å². The number of nitrogens with one attached hydrogen (secondary N) is 2. The minimum atomic E-state index is 0.286. The van der Waals surface area contributed by atoms with Gasteiger partial charge in [-0.05, 0) is 65.5 Å². The maximum Gasteiger partial charge on any atom is 0.208 e. The Labute approximate surface area is 180 Å². The summed E-state index contributed by atoms with van der Waals surface area (Å²) < 4.78 is 16.9. The molecule has 0 aromatic carbocycles. The van der Waals surface area contributed by atoms with Crippen LogP contribution in [0.25, 0.3) is 0 Å². The number of hydrogen-bond donors (Lipinski definition) is 2. The fraction of sp³-hybridized carbons (Fsp3) is 0.818. The summed E-state index contributed by atoms with van der Waals surface area (Å²) in [5.41, 5.74) is 0.997. The lowest BCUT2D eigenvalue weighted by Gasteiger charge is -2.30. The van der Waals surface area contributed by atoms with Crippen LogP contribution >= 0.6 is 0 Å². The van der Waals surface area contributed by atoms with Crippen molar-refractivity contribution in [1.82, 2.24) is 20.5 Å². The molecule has 3 heterocycles. The molecule has 2 fully saturated rings. The molecular formula is C22H39N5O3. The van der Waals surface area contributed by atoms with Gasteiger partial charge in [0.1, 0.15) is 5.76 Å². The molecule has 1 unspecified atom stereocenters. The highest BCUT2D eigenvalue weighted by molar-refractivity contribution is 5.79. The van der Waals surface area contributed by atoms with Crippen molar-refractivity contribution in [2.75, 3.05) is 52.5 Å². The molecule has 2 aliphatic rings. The first-order chi connectivity index (χ1) is 14.6. The number of nitrogens with zero attached hydrogens (tertiary/aromatic N) is 3. The molecule has 3 rings (SSSR count). The Bertz CT molecular complexity index is 630. The average molecular weight is 422 g/mol. The topological polar surface area (TPSA) is 84.2 Å². The first-order valence-electron chi connectivity index (χ1n) is 11.5. The molecule has 0 aliphatic carbocycles. The molecule has 0 bridgehead atoms. The van der Waals surface area contributed by atoms with Crippen molar-refractivity contribution < 1.29 is 13.9 Å². The van der Waals surface area contributed by atoms with E-state index in [1.54, 1.807) is 0 Å². The summed E-state index contributed by atoms with van der Waals surface area (Å²) in [6, 6.07) is 0. The third kappa shape index (κ3) is 7.56. The van der Waals surface area contributed by atoms with Gasteiger partial charge in [-0.15, -0.1) is 0 Å². The van der Waals surface area contributed by atoms with E-state index in [1.807, 2.05) is 13.8 Å². The number of ether oxygens (including phenoxy) is 2. The first kappa shape index (κ1) is 23.0. The van der Waals surface area contributed by atoms with E-state index in [1.165, 1.54) is 12.8 Å². The number of likely N-dealkylation sites (tertiary alicyclic amines) is 1. The highest BCUT2D eigenvalue weighted by atomic mass is 16.5. The van der Waals surface area contributed by atoms with Crippen molar-refractivity contribution >= 4 is 5.96 Å². The Balaban J connectivity index is 1.32. The third-order valence-electron chi connectivity index (χ3n) is 5.85. The van der Waals surface area contributed by atoms with E-state index in [0.717, 1.165) is 95.2 Å². The minimum Gasteiger partial charge on any atom is -0.444 e. The van der Waals surface area contributed by atoms with Crippen LogP contribution in [0.4, 0.5) is 0 Å². The predicted octanol–water partition coefficient (Wildman–Crippen LogP) is 2.25. The van der Waals surface area contributed by atoms with E-state index < -0.39 is 0 Å². The van der Waals surface area contributed by atoms with Gasteiger partial charge in [0.15, 0.2) is 5.96 Å². The normalized spacial score (nSPS) is 21.3. The smallest absolute Gasteiger partial charge is 0.208 e. The molecule has 1 aromatic heterocycles. The monoisotopic (exact) mass is 421 g/mol. The van der Waals surface area contributed by atoms with Crippen molar-refractivity contribution in [3.05, 3.63) is 17.3 Å². The van der Waals surface area contributed by atoms with Crippen molar-refractivity contribution in [2.45, 2.75) is 59.1 Å². The van der Waals surface area contributed by atoms with Gasteiger partial charge < -0.3 is 24.5 Å². The number of aromatic nitrogens is 1. The van der Waals surface area contributed by atoms with Crippen LogP contribution in [0.1, 0.15) is 50.0 Å². The highest BCUT2D eigenvalue weighted by Gasteiger charge is 2.21. The quantitative estimate of drug-likeness (QED) is 0.341. The van der Waals surface area contributed by atoms with Gasteiger partial charge in [-0.1, -0.05) is 0 Å². The zero-order valence-electron chi connectivity index (χ0n) is 18.9. The van der Waals surface area contributed by atoms with Crippen LogP contribution in [-0.2, 0) is 16.0 Å². The summed E-state index contributed by atoms with van der Waals surface area (Å²) >= 11 is 0. The second-order valence-electron chi connectivity index (χ2n) is 8.33. The van der Waals surface area contributed by atoms with Gasteiger partial charge in [0.25, 0.3) is 0 Å². The Morgan fingerprint density at radius 2 is 2.07 bits per heavy atom. The molecule has 30 heavy (non-hydrogen) atoms. The third-order valence-corrected chi connectivity index (χ3v) is 5.85. The molecule has 0 spiro atoms. The molecule has 1 aromatic rings. The fourth-order valence-electron chi connectivity index (χ4n) is 3.86. The van der Waals surface area contributed by atoms with Crippen molar-refractivity contribution in [3.8, 4) is 0 Å². The number of hydrogen-bond acceptors (Lipinski definition) is 6. The van der Waals surface area contributed by atoms with E-state index in [-0.39, 0.29) is 6.10 Å². The maximum atomic E-state index is 5.82. The zero-order chi connectivity index (χ0) is 21.2. The number of guanidine groups is 1. The van der Waals surface area contributed by atoms with Crippen LogP contribution in [-0.4, -0.2) is 74.5 Å². The van der Waals surface area contributed by atoms with Crippen molar-refractivity contribution in [2.24, 2.45) is 10.9 Å². The highest BCUT2D eigenvalue weighted by Crippen LogP contribution is 2.20. The summed E-state index contributed by atoms with van der Waals surface area (Å²) in [4.78, 5) is 11.8. The molecule has 8 heteroatoms. The summed E-state index contributed by atoms with van der Waals surface area (Å²) in [6.45, 7) is 14.0. The molecule has 0 radical (unpaired) electrons. The van der Waals surface area contributed by atoms with Crippen LogP contribution in [0.15, 0.2) is 9.41 Å². The summed E-state index contributed by atoms with van der Waals surface area (Å²) in [5, 5.41) is 6.78. The SMILES string of the molecule is CCNC(=NCC1CCN(Cc2nc(C)c(C)o2)CC1)NCCCOC1CCOC1. The number of oxazole rings is 1. The van der Waals surface area contributed by atoms with E-state index in [0.29, 0.717) is 5.92 Å². The van der Waals surface area contributed by atoms with Crippen LogP contribution in [0, 0.1) is 19.8 Å². The lowest BCUT2D eigenvalue weighted by Crippen LogP contribution is -2.39. The number of piperidine rings is 1. The predicted molar refractivity (Wildman–Crippen MR) is 118 cm³/mol. The number of aryl methyl sites for hydroxylation is 2. The largest absolute Gasteiger partial charge is 0.444 e. The maximum absolute atomic E-state index is 5.82. The Hall–Kier alpha value is -1.64. The average Bonchev–Trinajstić information content (AvgIpc) is 3.36. The second-order valence-corrected chi connectivity index (χ2v) is 8.33. The van der Waals surface area contributed by atoms with Crippen molar-refractivity contribution in [1.29, 1.82) is 0 Å². The summed E-state index contributed by atoms with van der Waals surface area (Å²) in [5.74, 6) is 3.31. The van der Waals surface area contributed by atoms with Gasteiger partial charge in [0, 0.05) is 32.8 Å². The van der Waals surface area contributed by atoms with Crippen LogP contribution in [0.3, 0.4) is 0 Å². The van der Waals surface area contributed by atoms with Gasteiger partial charge in [0.05, 0.1) is 24.9 Å². The van der Waals surface area contributed by atoms with Gasteiger partial charge >= 0.3 is 0 Å². The molecule has 0 saturated carbocycles. The molecule has 2 saturated heterocycles. The Kier molecular flexibility index (Phi) is 9.42.